The van der Waals surface area contributed by atoms with E-state index in [1.165, 1.54) is 38.5 Å². The Hall–Kier alpha value is -0.0800. The molecular formula is C10H21NO. The molecule has 0 heterocycles. The number of methoxy groups -OCH3 is 1. The van der Waals surface area contributed by atoms with Crippen molar-refractivity contribution in [2.24, 2.45) is 11.7 Å². The van der Waals surface area contributed by atoms with Gasteiger partial charge in [-0.1, -0.05) is 12.8 Å². The summed E-state index contributed by atoms with van der Waals surface area (Å²) in [5.41, 5.74) is 5.48. The largest absolute Gasteiger partial charge is 0.381 e. The van der Waals surface area contributed by atoms with Gasteiger partial charge < -0.3 is 10.5 Å². The Morgan fingerprint density at radius 3 is 2.92 bits per heavy atom. The highest BCUT2D eigenvalue weighted by Crippen LogP contribution is 2.28. The normalized spacial score (nSPS) is 30.5. The fraction of sp³-hybridized carbons (Fsp3) is 1.00. The lowest BCUT2D eigenvalue weighted by Gasteiger charge is -2.27. The van der Waals surface area contributed by atoms with Gasteiger partial charge in [-0.2, -0.15) is 0 Å². The van der Waals surface area contributed by atoms with Crippen LogP contribution in [0.15, 0.2) is 0 Å². The summed E-state index contributed by atoms with van der Waals surface area (Å²) in [4.78, 5) is 0. The van der Waals surface area contributed by atoms with E-state index in [-0.39, 0.29) is 0 Å². The summed E-state index contributed by atoms with van der Waals surface area (Å²) in [5.74, 6) is 0.882. The van der Waals surface area contributed by atoms with Crippen molar-refractivity contribution < 1.29 is 4.74 Å². The Morgan fingerprint density at radius 1 is 1.42 bits per heavy atom. The van der Waals surface area contributed by atoms with Gasteiger partial charge in [0.05, 0.1) is 6.10 Å². The molecule has 72 valence electrons. The first kappa shape index (κ1) is 10.0. The van der Waals surface area contributed by atoms with E-state index in [0.717, 1.165) is 12.5 Å². The number of ether oxygens (including phenoxy) is 1. The minimum Gasteiger partial charge on any atom is -0.381 e. The monoisotopic (exact) mass is 171 g/mol. The topological polar surface area (TPSA) is 35.2 Å². The second-order valence-electron chi connectivity index (χ2n) is 3.82. The first-order valence-corrected chi connectivity index (χ1v) is 5.09. The Kier molecular flexibility index (Phi) is 4.62. The highest BCUT2D eigenvalue weighted by Gasteiger charge is 2.20. The van der Waals surface area contributed by atoms with E-state index < -0.39 is 0 Å². The summed E-state index contributed by atoms with van der Waals surface area (Å²) in [6, 6.07) is 0. The van der Waals surface area contributed by atoms with E-state index in [0.29, 0.717) is 6.10 Å². The van der Waals surface area contributed by atoms with Crippen LogP contribution in [0, 0.1) is 5.92 Å². The third-order valence-corrected chi connectivity index (χ3v) is 2.88. The van der Waals surface area contributed by atoms with Gasteiger partial charge in [-0.3, -0.25) is 0 Å². The molecule has 2 N–H and O–H groups in total. The third-order valence-electron chi connectivity index (χ3n) is 2.88. The van der Waals surface area contributed by atoms with E-state index in [1.807, 2.05) is 7.11 Å². The lowest BCUT2D eigenvalue weighted by Crippen LogP contribution is -2.22. The van der Waals surface area contributed by atoms with Gasteiger partial charge in [-0.25, -0.2) is 0 Å². The lowest BCUT2D eigenvalue weighted by molar-refractivity contribution is 0.0488. The maximum absolute atomic E-state index is 5.48. The second-order valence-corrected chi connectivity index (χ2v) is 3.82. The van der Waals surface area contributed by atoms with E-state index >= 15 is 0 Å². The molecular weight excluding hydrogens is 150 g/mol. The van der Waals surface area contributed by atoms with Crippen molar-refractivity contribution in [3.05, 3.63) is 0 Å². The van der Waals surface area contributed by atoms with Gasteiger partial charge in [0.25, 0.3) is 0 Å². The number of rotatable bonds is 4. The zero-order valence-electron chi connectivity index (χ0n) is 8.09. The van der Waals surface area contributed by atoms with Crippen LogP contribution in [0.25, 0.3) is 0 Å². The minimum absolute atomic E-state index is 0.529. The van der Waals surface area contributed by atoms with Crippen LogP contribution in [0.5, 0.6) is 0 Å². The Labute approximate surface area is 75.5 Å². The molecule has 2 unspecified atom stereocenters. The first-order valence-electron chi connectivity index (χ1n) is 5.09. The van der Waals surface area contributed by atoms with Gasteiger partial charge in [0, 0.05) is 7.11 Å². The molecule has 2 nitrogen and oxygen atoms in total. The molecule has 0 radical (unpaired) electrons. The maximum atomic E-state index is 5.48. The summed E-state index contributed by atoms with van der Waals surface area (Å²) in [7, 11) is 1.83. The van der Waals surface area contributed by atoms with Crippen LogP contribution in [0.4, 0.5) is 0 Å². The van der Waals surface area contributed by atoms with Crippen molar-refractivity contribution in [3.63, 3.8) is 0 Å². The van der Waals surface area contributed by atoms with Crippen LogP contribution >= 0.6 is 0 Å². The quantitative estimate of drug-likeness (QED) is 0.701. The summed E-state index contributed by atoms with van der Waals surface area (Å²) in [6.45, 7) is 0.841. The molecule has 1 aliphatic rings. The van der Waals surface area contributed by atoms with Crippen molar-refractivity contribution in [2.75, 3.05) is 13.7 Å². The van der Waals surface area contributed by atoms with Crippen molar-refractivity contribution in [1.82, 2.24) is 0 Å². The minimum atomic E-state index is 0.529. The molecule has 0 aromatic heterocycles. The van der Waals surface area contributed by atoms with E-state index in [9.17, 15) is 0 Å². The smallest absolute Gasteiger partial charge is 0.0574 e. The molecule has 12 heavy (non-hydrogen) atoms. The van der Waals surface area contributed by atoms with Gasteiger partial charge in [0.1, 0.15) is 0 Å². The van der Waals surface area contributed by atoms with E-state index in [2.05, 4.69) is 0 Å². The standard InChI is InChI=1S/C10H21NO/c1-12-10-6-2-4-9(8-10)5-3-7-11/h9-10H,2-8,11H2,1H3. The van der Waals surface area contributed by atoms with Gasteiger partial charge in [-0.05, 0) is 38.1 Å². The van der Waals surface area contributed by atoms with E-state index in [4.69, 9.17) is 10.5 Å². The summed E-state index contributed by atoms with van der Waals surface area (Å²) >= 11 is 0. The zero-order chi connectivity index (χ0) is 8.81. The SMILES string of the molecule is COC1CCCC(CCCN)C1. The summed E-state index contributed by atoms with van der Waals surface area (Å²) in [5, 5.41) is 0. The molecule has 2 heteroatoms. The van der Waals surface area contributed by atoms with Crippen molar-refractivity contribution in [3.8, 4) is 0 Å². The second kappa shape index (κ2) is 5.55. The molecule has 1 rings (SSSR count). The van der Waals surface area contributed by atoms with Crippen molar-refractivity contribution in [1.29, 1.82) is 0 Å². The van der Waals surface area contributed by atoms with Crippen LogP contribution < -0.4 is 5.73 Å². The Balaban J connectivity index is 2.16. The van der Waals surface area contributed by atoms with Crippen LogP contribution in [0.2, 0.25) is 0 Å². The van der Waals surface area contributed by atoms with Gasteiger partial charge >= 0.3 is 0 Å². The molecule has 1 fully saturated rings. The molecule has 0 aliphatic heterocycles. The molecule has 0 amide bonds. The molecule has 0 aromatic rings. The molecule has 0 spiro atoms. The molecule has 2 atom stereocenters. The maximum Gasteiger partial charge on any atom is 0.0574 e. The van der Waals surface area contributed by atoms with Gasteiger partial charge in [0.2, 0.25) is 0 Å². The zero-order valence-corrected chi connectivity index (χ0v) is 8.09. The number of hydrogen-bond donors (Lipinski definition) is 1. The molecule has 0 aromatic carbocycles. The van der Waals surface area contributed by atoms with Crippen molar-refractivity contribution >= 4 is 0 Å². The fourth-order valence-electron chi connectivity index (χ4n) is 2.12. The van der Waals surface area contributed by atoms with E-state index in [1.54, 1.807) is 0 Å². The summed E-state index contributed by atoms with van der Waals surface area (Å²) in [6.07, 6.45) is 8.26. The average molecular weight is 171 g/mol. The fourth-order valence-corrected chi connectivity index (χ4v) is 2.12. The molecule has 0 saturated heterocycles. The molecule has 1 aliphatic carbocycles. The van der Waals surface area contributed by atoms with Crippen molar-refractivity contribution in [2.45, 2.75) is 44.6 Å². The number of nitrogens with two attached hydrogens (primary N) is 1. The van der Waals surface area contributed by atoms with Crippen LogP contribution in [0.3, 0.4) is 0 Å². The highest BCUT2D eigenvalue weighted by molar-refractivity contribution is 4.73. The van der Waals surface area contributed by atoms with Gasteiger partial charge in [0.15, 0.2) is 0 Å². The summed E-state index contributed by atoms with van der Waals surface area (Å²) < 4.78 is 5.37. The molecule has 0 bridgehead atoms. The van der Waals surface area contributed by atoms with Crippen LogP contribution in [-0.4, -0.2) is 19.8 Å². The predicted octanol–water partition coefficient (Wildman–Crippen LogP) is 1.93. The average Bonchev–Trinajstić information content (AvgIpc) is 2.15. The van der Waals surface area contributed by atoms with Crippen LogP contribution in [0.1, 0.15) is 38.5 Å². The lowest BCUT2D eigenvalue weighted by atomic mass is 9.84. The predicted molar refractivity (Wildman–Crippen MR) is 51.0 cm³/mol. The first-order chi connectivity index (χ1) is 5.86. The van der Waals surface area contributed by atoms with Gasteiger partial charge in [-0.15, -0.1) is 0 Å². The third kappa shape index (κ3) is 3.11. The van der Waals surface area contributed by atoms with Crippen LogP contribution in [-0.2, 0) is 4.74 Å². The highest BCUT2D eigenvalue weighted by atomic mass is 16.5. The molecule has 1 saturated carbocycles. The number of hydrogen-bond acceptors (Lipinski definition) is 2. The Bertz CT molecular complexity index is 116. The Morgan fingerprint density at radius 2 is 2.25 bits per heavy atom.